The summed E-state index contributed by atoms with van der Waals surface area (Å²) in [7, 11) is 0. The molecule has 0 aliphatic heterocycles. The molecule has 1 aliphatic rings. The van der Waals surface area contributed by atoms with Gasteiger partial charge < -0.3 is 4.74 Å². The van der Waals surface area contributed by atoms with Crippen LogP contribution in [0, 0.1) is 17.6 Å². The Morgan fingerprint density at radius 2 is 1.87 bits per heavy atom. The molecule has 0 N–H and O–H groups in total. The summed E-state index contributed by atoms with van der Waals surface area (Å²) in [5, 5.41) is 0. The van der Waals surface area contributed by atoms with Gasteiger partial charge in [0.1, 0.15) is 24.0 Å². The third kappa shape index (κ3) is 2.17. The summed E-state index contributed by atoms with van der Waals surface area (Å²) in [6.45, 7) is 3.70. The molecule has 1 aliphatic carbocycles. The van der Waals surface area contributed by atoms with E-state index in [0.717, 1.165) is 18.8 Å². The number of rotatable bonds is 4. The van der Waals surface area contributed by atoms with Crippen LogP contribution >= 0.6 is 0 Å². The quantitative estimate of drug-likeness (QED) is 0.691. The lowest BCUT2D eigenvalue weighted by molar-refractivity contribution is 0.357. The van der Waals surface area contributed by atoms with E-state index in [2.05, 4.69) is 6.58 Å². The van der Waals surface area contributed by atoms with Crippen molar-refractivity contribution in [1.29, 1.82) is 0 Å². The maximum Gasteiger partial charge on any atom is 0.133 e. The van der Waals surface area contributed by atoms with Crippen LogP contribution in [-0.4, -0.2) is 6.61 Å². The first-order valence-electron chi connectivity index (χ1n) is 4.80. The van der Waals surface area contributed by atoms with Gasteiger partial charge in [0.05, 0.1) is 0 Å². The maximum absolute atomic E-state index is 13.5. The molecule has 0 spiro atoms. The lowest BCUT2D eigenvalue weighted by atomic mass is 10.1. The Hall–Kier alpha value is -1.38. The number of hydrogen-bond donors (Lipinski definition) is 0. The molecule has 0 aromatic heterocycles. The Morgan fingerprint density at radius 3 is 2.33 bits per heavy atom. The molecule has 0 bridgehead atoms. The number of halogens is 2. The topological polar surface area (TPSA) is 9.23 Å². The molecule has 1 aromatic rings. The van der Waals surface area contributed by atoms with Crippen molar-refractivity contribution in [3.8, 4) is 5.75 Å². The third-order valence-electron chi connectivity index (χ3n) is 2.24. The van der Waals surface area contributed by atoms with E-state index in [-0.39, 0.29) is 17.9 Å². The first kappa shape index (κ1) is 10.1. The van der Waals surface area contributed by atoms with Crippen molar-refractivity contribution in [3.05, 3.63) is 47.9 Å². The molecule has 1 nitrogen and oxygen atoms in total. The van der Waals surface area contributed by atoms with Gasteiger partial charge in [0.25, 0.3) is 0 Å². The molecule has 1 saturated carbocycles. The van der Waals surface area contributed by atoms with Crippen LogP contribution < -0.4 is 4.74 Å². The lowest BCUT2D eigenvalue weighted by Gasteiger charge is -2.07. The van der Waals surface area contributed by atoms with Crippen LogP contribution in [0.15, 0.2) is 24.8 Å². The first-order chi connectivity index (χ1) is 7.22. The Morgan fingerprint density at radius 1 is 1.27 bits per heavy atom. The number of ether oxygens (including phenoxy) is 1. The molecule has 15 heavy (non-hydrogen) atoms. The van der Waals surface area contributed by atoms with Crippen molar-refractivity contribution in [2.24, 2.45) is 0 Å². The fourth-order valence-corrected chi connectivity index (χ4v) is 1.44. The van der Waals surface area contributed by atoms with Crippen molar-refractivity contribution in [3.63, 3.8) is 0 Å². The van der Waals surface area contributed by atoms with E-state index in [4.69, 9.17) is 4.74 Å². The van der Waals surface area contributed by atoms with Crippen molar-refractivity contribution in [2.45, 2.75) is 12.8 Å². The zero-order valence-electron chi connectivity index (χ0n) is 8.22. The molecule has 1 aromatic carbocycles. The zero-order chi connectivity index (χ0) is 10.8. The van der Waals surface area contributed by atoms with Crippen molar-refractivity contribution in [1.82, 2.24) is 0 Å². The molecule has 0 heterocycles. The van der Waals surface area contributed by atoms with Gasteiger partial charge in [-0.3, -0.25) is 0 Å². The monoisotopic (exact) mass is 209 g/mol. The highest BCUT2D eigenvalue weighted by Crippen LogP contribution is 2.42. The van der Waals surface area contributed by atoms with E-state index in [1.165, 1.54) is 18.2 Å². The summed E-state index contributed by atoms with van der Waals surface area (Å²) in [6.07, 6.45) is 3.11. The second kappa shape index (κ2) is 4.01. The summed E-state index contributed by atoms with van der Waals surface area (Å²) in [5.74, 6) is -0.0294. The van der Waals surface area contributed by atoms with Crippen molar-refractivity contribution < 1.29 is 13.5 Å². The van der Waals surface area contributed by atoms with Gasteiger partial charge in [-0.15, -0.1) is 0 Å². The predicted octanol–water partition coefficient (Wildman–Crippen LogP) is 3.25. The van der Waals surface area contributed by atoms with Crippen LogP contribution in [0.1, 0.15) is 18.4 Å². The van der Waals surface area contributed by atoms with E-state index in [0.29, 0.717) is 0 Å². The molecule has 79 valence electrons. The highest BCUT2D eigenvalue weighted by Gasteiger charge is 2.30. The standard InChI is InChI=1S/C12H11F2O/c1-2-5-15-9-6-10(13)12(8-3-4-8)11(14)7-9/h2,6-7H,1,3-5H2. The van der Waals surface area contributed by atoms with Crippen LogP contribution in [0.3, 0.4) is 0 Å². The van der Waals surface area contributed by atoms with Gasteiger partial charge in [0, 0.05) is 23.6 Å². The molecule has 0 unspecified atom stereocenters. The van der Waals surface area contributed by atoms with Gasteiger partial charge in [0.2, 0.25) is 0 Å². The largest absolute Gasteiger partial charge is 0.489 e. The third-order valence-corrected chi connectivity index (χ3v) is 2.24. The van der Waals surface area contributed by atoms with Gasteiger partial charge in [-0.1, -0.05) is 12.7 Å². The van der Waals surface area contributed by atoms with Gasteiger partial charge >= 0.3 is 0 Å². The summed E-state index contributed by atoms with van der Waals surface area (Å²) in [5.41, 5.74) is 0.126. The molecule has 0 saturated heterocycles. The van der Waals surface area contributed by atoms with Crippen LogP contribution in [0.25, 0.3) is 0 Å². The second-order valence-electron chi connectivity index (χ2n) is 3.47. The predicted molar refractivity (Wildman–Crippen MR) is 53.6 cm³/mol. The molecule has 1 radical (unpaired) electrons. The molecular weight excluding hydrogens is 198 g/mol. The lowest BCUT2D eigenvalue weighted by Crippen LogP contribution is -1.98. The minimum Gasteiger partial charge on any atom is -0.489 e. The van der Waals surface area contributed by atoms with E-state index in [9.17, 15) is 8.78 Å². The first-order valence-corrected chi connectivity index (χ1v) is 4.80. The SMILES string of the molecule is C=CCOc1cc(F)c([C]2CC2)c(F)c1. The van der Waals surface area contributed by atoms with E-state index < -0.39 is 11.6 Å². The smallest absolute Gasteiger partial charge is 0.133 e. The van der Waals surface area contributed by atoms with Crippen LogP contribution in [0.2, 0.25) is 0 Å². The van der Waals surface area contributed by atoms with Crippen LogP contribution in [0.4, 0.5) is 8.78 Å². The fourth-order valence-electron chi connectivity index (χ4n) is 1.44. The van der Waals surface area contributed by atoms with Gasteiger partial charge in [-0.25, -0.2) is 8.78 Å². The Labute approximate surface area is 87.4 Å². The Bertz CT molecular complexity index is 360. The average Bonchev–Trinajstić information content (AvgIpc) is 2.97. The number of benzene rings is 1. The summed E-state index contributed by atoms with van der Waals surface area (Å²) in [4.78, 5) is 0. The fraction of sp³-hybridized carbons (Fsp3) is 0.250. The normalized spacial score (nSPS) is 15.1. The summed E-state index contributed by atoms with van der Waals surface area (Å²) >= 11 is 0. The second-order valence-corrected chi connectivity index (χ2v) is 3.47. The molecule has 0 amide bonds. The highest BCUT2D eigenvalue weighted by molar-refractivity contribution is 5.43. The molecule has 1 fully saturated rings. The van der Waals surface area contributed by atoms with E-state index in [1.807, 2.05) is 0 Å². The van der Waals surface area contributed by atoms with Crippen LogP contribution in [0.5, 0.6) is 5.75 Å². The van der Waals surface area contributed by atoms with Gasteiger partial charge in [-0.2, -0.15) is 0 Å². The molecule has 2 rings (SSSR count). The van der Waals surface area contributed by atoms with Crippen LogP contribution in [-0.2, 0) is 0 Å². The summed E-state index contributed by atoms with van der Waals surface area (Å²) in [6, 6.07) is 2.43. The Kier molecular flexibility index (Phi) is 2.71. The zero-order valence-corrected chi connectivity index (χ0v) is 8.22. The summed E-state index contributed by atoms with van der Waals surface area (Å²) < 4.78 is 32.0. The van der Waals surface area contributed by atoms with Crippen molar-refractivity contribution >= 4 is 0 Å². The molecule has 0 atom stereocenters. The van der Waals surface area contributed by atoms with Crippen molar-refractivity contribution in [2.75, 3.05) is 6.61 Å². The van der Waals surface area contributed by atoms with E-state index >= 15 is 0 Å². The van der Waals surface area contributed by atoms with E-state index in [1.54, 1.807) is 0 Å². The minimum atomic E-state index is -0.540. The van der Waals surface area contributed by atoms with Gasteiger partial charge in [-0.05, 0) is 12.8 Å². The maximum atomic E-state index is 13.5. The highest BCUT2D eigenvalue weighted by atomic mass is 19.1. The minimum absolute atomic E-state index is 0.126. The average molecular weight is 209 g/mol. The number of hydrogen-bond acceptors (Lipinski definition) is 1. The Balaban J connectivity index is 2.25. The van der Waals surface area contributed by atoms with Gasteiger partial charge in [0.15, 0.2) is 0 Å². The molecular formula is C12H11F2O. The molecule has 3 heteroatoms.